The van der Waals surface area contributed by atoms with Gasteiger partial charge in [-0.2, -0.15) is 5.21 Å². The van der Waals surface area contributed by atoms with Crippen molar-refractivity contribution in [2.75, 3.05) is 6.61 Å². The molecule has 0 spiro atoms. The van der Waals surface area contributed by atoms with Gasteiger partial charge >= 0.3 is 0 Å². The molecule has 0 radical (unpaired) electrons. The molecule has 0 saturated carbocycles. The fraction of sp³-hybridized carbons (Fsp3) is 0.200. The molecule has 0 fully saturated rings. The number of ether oxygens (including phenoxy) is 2. The average molecular weight is 398 g/mol. The number of H-pyrrole nitrogens is 1. The molecule has 0 aliphatic heterocycles. The Labute approximate surface area is 168 Å². The monoisotopic (exact) mass is 397 g/mol. The highest BCUT2D eigenvalue weighted by Crippen LogP contribution is 2.21. The summed E-state index contributed by atoms with van der Waals surface area (Å²) in [5, 5.41) is 14.9. The van der Waals surface area contributed by atoms with Crippen LogP contribution in [0.1, 0.15) is 17.8 Å². The van der Waals surface area contributed by atoms with E-state index in [4.69, 9.17) is 9.47 Å². The molecule has 4 aromatic rings. The van der Waals surface area contributed by atoms with Crippen molar-refractivity contribution in [1.82, 2.24) is 25.6 Å². The van der Waals surface area contributed by atoms with Crippen LogP contribution in [0.2, 0.25) is 0 Å². The van der Waals surface area contributed by atoms with E-state index < -0.39 is 0 Å². The van der Waals surface area contributed by atoms with Gasteiger partial charge in [0, 0.05) is 29.6 Å². The van der Waals surface area contributed by atoms with Crippen LogP contribution in [0.3, 0.4) is 0 Å². The number of aryl methyl sites for hydroxylation is 1. The molecule has 0 unspecified atom stereocenters. The van der Waals surface area contributed by atoms with Gasteiger partial charge in [0.15, 0.2) is 5.82 Å². The van der Waals surface area contributed by atoms with Gasteiger partial charge < -0.3 is 9.47 Å². The van der Waals surface area contributed by atoms with Gasteiger partial charge in [-0.1, -0.05) is 29.5 Å². The number of benzene rings is 2. The number of aromatic amines is 1. The van der Waals surface area contributed by atoms with Crippen LogP contribution in [0.15, 0.2) is 60.8 Å². The number of pyridine rings is 1. The summed E-state index contributed by atoms with van der Waals surface area (Å²) in [6.07, 6.45) is 3.38. The Kier molecular flexibility index (Phi) is 6.75. The third-order valence-corrected chi connectivity index (χ3v) is 4.06. The first-order valence-corrected chi connectivity index (χ1v) is 8.78. The van der Waals surface area contributed by atoms with E-state index in [0.717, 1.165) is 40.8 Å². The molecule has 144 valence electrons. The lowest BCUT2D eigenvalue weighted by atomic mass is 10.2. The molecule has 8 heteroatoms. The zero-order valence-corrected chi connectivity index (χ0v) is 15.9. The summed E-state index contributed by atoms with van der Waals surface area (Å²) in [5.41, 5.74) is 2.01. The van der Waals surface area contributed by atoms with Crippen molar-refractivity contribution in [3.05, 3.63) is 72.2 Å². The predicted molar refractivity (Wildman–Crippen MR) is 108 cm³/mol. The van der Waals surface area contributed by atoms with Crippen molar-refractivity contribution in [2.45, 2.75) is 19.4 Å². The van der Waals surface area contributed by atoms with Crippen LogP contribution in [0.25, 0.3) is 10.9 Å². The maximum atomic E-state index is 5.89. The second-order valence-corrected chi connectivity index (χ2v) is 6.08. The van der Waals surface area contributed by atoms with Crippen LogP contribution < -0.4 is 9.47 Å². The van der Waals surface area contributed by atoms with Crippen molar-refractivity contribution in [3.63, 3.8) is 0 Å². The number of rotatable bonds is 8. The Balaban J connectivity index is 0.00000225. The molecule has 4 rings (SSSR count). The number of nitrogens with zero attached hydrogens (tertiary/aromatic N) is 4. The first-order chi connectivity index (χ1) is 13.4. The summed E-state index contributed by atoms with van der Waals surface area (Å²) in [4.78, 5) is 4.46. The van der Waals surface area contributed by atoms with Crippen LogP contribution in [-0.2, 0) is 13.0 Å². The molecule has 1 N–H and O–H groups in total. The van der Waals surface area contributed by atoms with Crippen LogP contribution in [-0.4, -0.2) is 32.2 Å². The summed E-state index contributed by atoms with van der Waals surface area (Å²) in [7, 11) is 0. The number of nitrogens with one attached hydrogen (secondary N) is 1. The molecule has 0 saturated heterocycles. The molecule has 2 heterocycles. The van der Waals surface area contributed by atoms with Gasteiger partial charge in [0.2, 0.25) is 0 Å². The van der Waals surface area contributed by atoms with Gasteiger partial charge in [0.25, 0.3) is 0 Å². The lowest BCUT2D eigenvalue weighted by molar-refractivity contribution is 0.292. The molecule has 0 atom stereocenters. The second-order valence-electron chi connectivity index (χ2n) is 6.08. The Bertz CT molecular complexity index is 1010. The summed E-state index contributed by atoms with van der Waals surface area (Å²) in [6, 6.07) is 17.8. The zero-order chi connectivity index (χ0) is 18.3. The topological polar surface area (TPSA) is 85.8 Å². The lowest BCUT2D eigenvalue weighted by Crippen LogP contribution is -2.01. The SMILES string of the molecule is Cl.c1cc(OCCCc2nn[nH]n2)cc(OCc2cnc3ccccc3c2)c1. The third kappa shape index (κ3) is 5.17. The van der Waals surface area contributed by atoms with Crippen molar-refractivity contribution in [2.24, 2.45) is 0 Å². The molecule has 0 bridgehead atoms. The Morgan fingerprint density at radius 2 is 1.79 bits per heavy atom. The van der Waals surface area contributed by atoms with E-state index in [2.05, 4.69) is 37.7 Å². The maximum absolute atomic E-state index is 5.89. The number of para-hydroxylation sites is 1. The van der Waals surface area contributed by atoms with E-state index in [0.29, 0.717) is 19.0 Å². The molecular formula is C20H20ClN5O2. The predicted octanol–water partition coefficient (Wildman–Crippen LogP) is 3.76. The molecule has 2 aromatic heterocycles. The normalized spacial score (nSPS) is 10.4. The summed E-state index contributed by atoms with van der Waals surface area (Å²) in [5.74, 6) is 2.23. The van der Waals surface area contributed by atoms with Crippen LogP contribution in [0.5, 0.6) is 11.5 Å². The number of aromatic nitrogens is 5. The van der Waals surface area contributed by atoms with Crippen molar-refractivity contribution < 1.29 is 9.47 Å². The number of hydrogen-bond donors (Lipinski definition) is 1. The Morgan fingerprint density at radius 3 is 2.64 bits per heavy atom. The fourth-order valence-corrected chi connectivity index (χ4v) is 2.72. The molecule has 2 aromatic carbocycles. The zero-order valence-electron chi connectivity index (χ0n) is 15.1. The molecule has 7 nitrogen and oxygen atoms in total. The first-order valence-electron chi connectivity index (χ1n) is 8.78. The Morgan fingerprint density at radius 1 is 0.929 bits per heavy atom. The highest BCUT2D eigenvalue weighted by Gasteiger charge is 2.02. The van der Waals surface area contributed by atoms with E-state index in [1.807, 2.05) is 48.7 Å². The second kappa shape index (κ2) is 9.66. The van der Waals surface area contributed by atoms with E-state index in [1.165, 1.54) is 0 Å². The maximum Gasteiger partial charge on any atom is 0.174 e. The fourth-order valence-electron chi connectivity index (χ4n) is 2.72. The summed E-state index contributed by atoms with van der Waals surface area (Å²) < 4.78 is 11.7. The van der Waals surface area contributed by atoms with Crippen LogP contribution in [0, 0.1) is 0 Å². The van der Waals surface area contributed by atoms with Crippen LogP contribution in [0.4, 0.5) is 0 Å². The van der Waals surface area contributed by atoms with E-state index in [9.17, 15) is 0 Å². The van der Waals surface area contributed by atoms with Gasteiger partial charge in [-0.15, -0.1) is 22.6 Å². The van der Waals surface area contributed by atoms with E-state index >= 15 is 0 Å². The van der Waals surface area contributed by atoms with Crippen molar-refractivity contribution in [1.29, 1.82) is 0 Å². The van der Waals surface area contributed by atoms with Crippen molar-refractivity contribution in [3.8, 4) is 11.5 Å². The lowest BCUT2D eigenvalue weighted by Gasteiger charge is -2.10. The minimum atomic E-state index is 0. The standard InChI is InChI=1S/C20H19N5O2.ClH/c1-2-8-19-16(5-1)11-15(13-21-19)14-27-18-7-3-6-17(12-18)26-10-4-9-20-22-24-25-23-20;/h1-3,5-8,11-13H,4,9-10,14H2,(H,22,23,24,25);1H. The highest BCUT2D eigenvalue weighted by atomic mass is 35.5. The van der Waals surface area contributed by atoms with E-state index in [1.54, 1.807) is 0 Å². The quantitative estimate of drug-likeness (QED) is 0.455. The van der Waals surface area contributed by atoms with Gasteiger partial charge in [-0.05, 0) is 30.7 Å². The smallest absolute Gasteiger partial charge is 0.174 e. The number of tetrazole rings is 1. The van der Waals surface area contributed by atoms with Crippen molar-refractivity contribution >= 4 is 23.3 Å². The van der Waals surface area contributed by atoms with E-state index in [-0.39, 0.29) is 12.4 Å². The summed E-state index contributed by atoms with van der Waals surface area (Å²) in [6.45, 7) is 1.03. The minimum absolute atomic E-state index is 0. The molecule has 28 heavy (non-hydrogen) atoms. The van der Waals surface area contributed by atoms with Gasteiger partial charge in [-0.3, -0.25) is 4.98 Å². The molecular weight excluding hydrogens is 378 g/mol. The molecule has 0 amide bonds. The largest absolute Gasteiger partial charge is 0.493 e. The molecule has 0 aliphatic carbocycles. The minimum Gasteiger partial charge on any atom is -0.493 e. The Hall–Kier alpha value is -3.19. The first kappa shape index (κ1) is 19.6. The van der Waals surface area contributed by atoms with Crippen LogP contribution >= 0.6 is 12.4 Å². The highest BCUT2D eigenvalue weighted by molar-refractivity contribution is 5.85. The number of hydrogen-bond acceptors (Lipinski definition) is 6. The summed E-state index contributed by atoms with van der Waals surface area (Å²) >= 11 is 0. The number of fused-ring (bicyclic) bond motifs is 1. The van der Waals surface area contributed by atoms with Gasteiger partial charge in [0.1, 0.15) is 18.1 Å². The van der Waals surface area contributed by atoms with Gasteiger partial charge in [-0.25, -0.2) is 0 Å². The average Bonchev–Trinajstić information content (AvgIpc) is 3.23. The number of halogens is 1. The van der Waals surface area contributed by atoms with Gasteiger partial charge in [0.05, 0.1) is 12.1 Å². The third-order valence-electron chi connectivity index (χ3n) is 4.06. The molecule has 0 aliphatic rings.